The maximum absolute atomic E-state index is 11.7. The van der Waals surface area contributed by atoms with Crippen LogP contribution in [-0.4, -0.2) is 24.8 Å². The van der Waals surface area contributed by atoms with Crippen LogP contribution in [0.2, 0.25) is 0 Å². The van der Waals surface area contributed by atoms with Crippen LogP contribution in [0.1, 0.15) is 17.4 Å². The minimum absolute atomic E-state index is 0.293. The van der Waals surface area contributed by atoms with Gasteiger partial charge in [0.2, 0.25) is 0 Å². The van der Waals surface area contributed by atoms with Gasteiger partial charge in [0, 0.05) is 17.1 Å². The average Bonchev–Trinajstić information content (AvgIpc) is 3.02. The number of amides is 2. The number of anilines is 1. The van der Waals surface area contributed by atoms with Crippen molar-refractivity contribution in [3.8, 4) is 5.75 Å². The molecule has 5 nitrogen and oxygen atoms in total. The smallest absolute Gasteiger partial charge is 0.319 e. The van der Waals surface area contributed by atoms with Crippen molar-refractivity contribution in [1.29, 1.82) is 0 Å². The Morgan fingerprint density at radius 2 is 2.10 bits per heavy atom. The van der Waals surface area contributed by atoms with Gasteiger partial charge in [0.25, 0.3) is 0 Å². The van der Waals surface area contributed by atoms with E-state index in [9.17, 15) is 9.90 Å². The van der Waals surface area contributed by atoms with E-state index in [1.54, 1.807) is 31.4 Å². The average molecular weight is 306 g/mol. The second kappa shape index (κ2) is 7.66. The largest absolute Gasteiger partial charge is 0.497 e. The summed E-state index contributed by atoms with van der Waals surface area (Å²) in [5.41, 5.74) is 0.687. The third kappa shape index (κ3) is 4.77. The van der Waals surface area contributed by atoms with Gasteiger partial charge in [-0.25, -0.2) is 4.79 Å². The minimum atomic E-state index is -0.536. The molecule has 112 valence electrons. The van der Waals surface area contributed by atoms with Gasteiger partial charge in [-0.05, 0) is 42.1 Å². The molecular weight excluding hydrogens is 288 g/mol. The number of aliphatic hydroxyl groups is 1. The fraction of sp³-hybridized carbons (Fsp3) is 0.267. The Morgan fingerprint density at radius 3 is 2.71 bits per heavy atom. The van der Waals surface area contributed by atoms with E-state index in [0.717, 1.165) is 10.6 Å². The topological polar surface area (TPSA) is 70.6 Å². The van der Waals surface area contributed by atoms with Crippen LogP contribution in [0.4, 0.5) is 10.5 Å². The second-order valence-electron chi connectivity index (χ2n) is 4.43. The van der Waals surface area contributed by atoms with Crippen LogP contribution >= 0.6 is 11.3 Å². The number of thiophene rings is 1. The summed E-state index contributed by atoms with van der Waals surface area (Å²) in [6, 6.07) is 10.6. The van der Waals surface area contributed by atoms with E-state index in [2.05, 4.69) is 10.6 Å². The molecule has 3 N–H and O–H groups in total. The Labute approximate surface area is 127 Å². The molecule has 0 saturated carbocycles. The number of urea groups is 1. The van der Waals surface area contributed by atoms with Crippen molar-refractivity contribution in [3.63, 3.8) is 0 Å². The zero-order chi connectivity index (χ0) is 15.1. The van der Waals surface area contributed by atoms with Gasteiger partial charge < -0.3 is 20.5 Å². The van der Waals surface area contributed by atoms with Crippen molar-refractivity contribution in [2.24, 2.45) is 0 Å². The maximum atomic E-state index is 11.7. The van der Waals surface area contributed by atoms with Crippen molar-refractivity contribution in [2.45, 2.75) is 12.5 Å². The first kappa shape index (κ1) is 15.3. The Hall–Kier alpha value is -2.05. The normalized spacial score (nSPS) is 11.7. The first-order valence-corrected chi connectivity index (χ1v) is 7.47. The highest BCUT2D eigenvalue weighted by Gasteiger charge is 2.09. The molecule has 0 spiro atoms. The maximum Gasteiger partial charge on any atom is 0.319 e. The van der Waals surface area contributed by atoms with Crippen LogP contribution in [0.5, 0.6) is 5.75 Å². The number of rotatable bonds is 6. The number of aliphatic hydroxyl groups excluding tert-OH is 1. The van der Waals surface area contributed by atoms with Crippen molar-refractivity contribution in [1.82, 2.24) is 5.32 Å². The summed E-state index contributed by atoms with van der Waals surface area (Å²) in [7, 11) is 1.59. The molecule has 1 heterocycles. The highest BCUT2D eigenvalue weighted by molar-refractivity contribution is 7.10. The molecule has 1 aromatic carbocycles. The number of ether oxygens (including phenoxy) is 1. The molecule has 0 bridgehead atoms. The molecule has 2 rings (SSSR count). The predicted molar refractivity (Wildman–Crippen MR) is 83.9 cm³/mol. The molecule has 2 amide bonds. The van der Waals surface area contributed by atoms with Gasteiger partial charge >= 0.3 is 6.03 Å². The first-order valence-electron chi connectivity index (χ1n) is 6.59. The molecule has 1 atom stereocenters. The highest BCUT2D eigenvalue weighted by atomic mass is 32.1. The molecule has 0 aliphatic heterocycles. The Kier molecular flexibility index (Phi) is 5.59. The summed E-state index contributed by atoms with van der Waals surface area (Å²) in [6.07, 6.45) is -0.0532. The lowest BCUT2D eigenvalue weighted by Gasteiger charge is -2.11. The van der Waals surface area contributed by atoms with Crippen LogP contribution in [0.15, 0.2) is 41.8 Å². The number of methoxy groups -OCH3 is 1. The standard InChI is InChI=1S/C15H18N2O3S/c1-20-12-6-4-11(5-7-12)17-15(19)16-9-8-13(18)14-3-2-10-21-14/h2-7,10,13,18H,8-9H2,1H3,(H2,16,17,19). The number of carbonyl (C=O) groups is 1. The molecule has 6 heteroatoms. The summed E-state index contributed by atoms with van der Waals surface area (Å²) in [5.74, 6) is 0.736. The van der Waals surface area contributed by atoms with E-state index in [1.165, 1.54) is 11.3 Å². The third-order valence-corrected chi connectivity index (χ3v) is 3.90. The Morgan fingerprint density at radius 1 is 1.33 bits per heavy atom. The number of nitrogens with one attached hydrogen (secondary N) is 2. The predicted octanol–water partition coefficient (Wildman–Crippen LogP) is 3.00. The first-order chi connectivity index (χ1) is 10.2. The molecule has 0 aliphatic carbocycles. The van der Waals surface area contributed by atoms with Gasteiger partial charge in [-0.2, -0.15) is 0 Å². The van der Waals surface area contributed by atoms with E-state index in [1.807, 2.05) is 17.5 Å². The van der Waals surface area contributed by atoms with Gasteiger partial charge in [-0.3, -0.25) is 0 Å². The second-order valence-corrected chi connectivity index (χ2v) is 5.41. The van der Waals surface area contributed by atoms with E-state index < -0.39 is 6.10 Å². The number of benzene rings is 1. The third-order valence-electron chi connectivity index (χ3n) is 2.92. The molecular formula is C15H18N2O3S. The van der Waals surface area contributed by atoms with Crippen molar-refractivity contribution < 1.29 is 14.6 Å². The fourth-order valence-electron chi connectivity index (χ4n) is 1.80. The van der Waals surface area contributed by atoms with Crippen LogP contribution in [0.3, 0.4) is 0 Å². The molecule has 0 radical (unpaired) electrons. The van der Waals surface area contributed by atoms with Gasteiger partial charge in [-0.1, -0.05) is 6.07 Å². The van der Waals surface area contributed by atoms with Crippen LogP contribution in [0, 0.1) is 0 Å². The SMILES string of the molecule is COc1ccc(NC(=O)NCCC(O)c2cccs2)cc1. The molecule has 0 saturated heterocycles. The van der Waals surface area contributed by atoms with E-state index in [0.29, 0.717) is 18.7 Å². The van der Waals surface area contributed by atoms with E-state index >= 15 is 0 Å². The lowest BCUT2D eigenvalue weighted by atomic mass is 10.2. The minimum Gasteiger partial charge on any atom is -0.497 e. The monoisotopic (exact) mass is 306 g/mol. The van der Waals surface area contributed by atoms with Crippen molar-refractivity contribution >= 4 is 23.1 Å². The quantitative estimate of drug-likeness (QED) is 0.768. The summed E-state index contributed by atoms with van der Waals surface area (Å²) < 4.78 is 5.05. The molecule has 0 fully saturated rings. The fourth-order valence-corrected chi connectivity index (χ4v) is 2.54. The summed E-state index contributed by atoms with van der Waals surface area (Å²) in [4.78, 5) is 12.6. The molecule has 0 aliphatic rings. The molecule has 2 aromatic rings. The van der Waals surface area contributed by atoms with Gasteiger partial charge in [0.15, 0.2) is 0 Å². The van der Waals surface area contributed by atoms with Crippen molar-refractivity contribution in [2.75, 3.05) is 19.0 Å². The summed E-state index contributed by atoms with van der Waals surface area (Å²) in [6.45, 7) is 0.404. The van der Waals surface area contributed by atoms with Crippen LogP contribution in [-0.2, 0) is 0 Å². The van der Waals surface area contributed by atoms with Crippen molar-refractivity contribution in [3.05, 3.63) is 46.7 Å². The molecule has 1 aromatic heterocycles. The van der Waals surface area contributed by atoms with E-state index in [4.69, 9.17) is 4.74 Å². The van der Waals surface area contributed by atoms with Gasteiger partial charge in [-0.15, -0.1) is 11.3 Å². The summed E-state index contributed by atoms with van der Waals surface area (Å²) in [5, 5.41) is 17.2. The van der Waals surface area contributed by atoms with Gasteiger partial charge in [0.1, 0.15) is 5.75 Å². The van der Waals surface area contributed by atoms with Crippen LogP contribution in [0.25, 0.3) is 0 Å². The number of hydrogen-bond acceptors (Lipinski definition) is 4. The Bertz CT molecular complexity index is 555. The molecule has 21 heavy (non-hydrogen) atoms. The Balaban J connectivity index is 1.72. The van der Waals surface area contributed by atoms with E-state index in [-0.39, 0.29) is 6.03 Å². The van der Waals surface area contributed by atoms with Gasteiger partial charge in [0.05, 0.1) is 13.2 Å². The number of carbonyl (C=O) groups excluding carboxylic acids is 1. The lowest BCUT2D eigenvalue weighted by molar-refractivity contribution is 0.171. The zero-order valence-electron chi connectivity index (χ0n) is 11.7. The molecule has 1 unspecified atom stereocenters. The van der Waals surface area contributed by atoms with Crippen LogP contribution < -0.4 is 15.4 Å². The zero-order valence-corrected chi connectivity index (χ0v) is 12.5. The highest BCUT2D eigenvalue weighted by Crippen LogP contribution is 2.21. The lowest BCUT2D eigenvalue weighted by Crippen LogP contribution is -2.30. The summed E-state index contributed by atoms with van der Waals surface area (Å²) >= 11 is 1.51. The number of hydrogen-bond donors (Lipinski definition) is 3.